The van der Waals surface area contributed by atoms with Crippen LogP contribution in [0.15, 0.2) is 0 Å². The highest BCUT2D eigenvalue weighted by molar-refractivity contribution is 7.77. The molecule has 0 atom stereocenters. The Morgan fingerprint density at radius 3 is 1.50 bits per heavy atom. The Bertz CT molecular complexity index is 79.2. The van der Waals surface area contributed by atoms with Crippen LogP contribution in [0.5, 0.6) is 0 Å². The minimum atomic E-state index is 1.37. The maximum atomic E-state index is 2.28. The van der Waals surface area contributed by atoms with Gasteiger partial charge in [-0.05, 0) is 24.6 Å². The molecule has 0 rings (SSSR count). The summed E-state index contributed by atoms with van der Waals surface area (Å²) in [4.78, 5) is 0. The molecule has 0 unspecified atom stereocenters. The minimum Gasteiger partial charge on any atom is -0.0654 e. The summed E-state index contributed by atoms with van der Waals surface area (Å²) in [5.41, 5.74) is 0. The zero-order valence-electron chi connectivity index (χ0n) is 10.2. The van der Waals surface area contributed by atoms with E-state index in [0.717, 1.165) is 0 Å². The summed E-state index contributed by atoms with van der Waals surface area (Å²) < 4.78 is 0. The van der Waals surface area contributed by atoms with Gasteiger partial charge in [-0.2, -0.15) is 0 Å². The second kappa shape index (κ2) is 13.4. The second-order valence-corrected chi connectivity index (χ2v) is 5.30. The molecule has 0 spiro atoms. The molecule has 0 aliphatic carbocycles. The first kappa shape index (κ1) is 14.3. The van der Waals surface area contributed by atoms with Crippen LogP contribution in [0.25, 0.3) is 0 Å². The topological polar surface area (TPSA) is 0 Å². The maximum absolute atomic E-state index is 2.28. The molecule has 0 aromatic carbocycles. The Balaban J connectivity index is 2.78. The molecule has 0 aromatic rings. The first-order valence-corrected chi connectivity index (χ1v) is 8.00. The molecule has 0 aromatic heterocycles. The molecule has 0 amide bonds. The van der Waals surface area contributed by atoms with E-state index in [1.165, 1.54) is 70.0 Å². The van der Waals surface area contributed by atoms with Gasteiger partial charge in [0.15, 0.2) is 0 Å². The van der Waals surface area contributed by atoms with Crippen LogP contribution in [0, 0.1) is 0 Å². The van der Waals surface area contributed by atoms with Crippen molar-refractivity contribution in [2.75, 3.05) is 12.0 Å². The average Bonchev–Trinajstić information content (AvgIpc) is 2.21. The van der Waals surface area contributed by atoms with Crippen molar-refractivity contribution in [3.63, 3.8) is 0 Å². The number of unbranched alkanes of at least 4 members (excludes halogenated alkanes) is 9. The van der Waals surface area contributed by atoms with Gasteiger partial charge in [0, 0.05) is 0 Å². The van der Waals surface area contributed by atoms with Gasteiger partial charge in [0.1, 0.15) is 5.75 Å². The van der Waals surface area contributed by atoms with Gasteiger partial charge < -0.3 is 0 Å². The molecule has 0 saturated carbocycles. The molecular formula is C13H29S+. The molecular weight excluding hydrogens is 188 g/mol. The minimum absolute atomic E-state index is 1.37. The van der Waals surface area contributed by atoms with Gasteiger partial charge in [-0.25, -0.2) is 0 Å². The summed E-state index contributed by atoms with van der Waals surface area (Å²) in [7, 11) is 0. The van der Waals surface area contributed by atoms with Gasteiger partial charge in [-0.3, -0.25) is 0 Å². The van der Waals surface area contributed by atoms with E-state index in [0.29, 0.717) is 0 Å². The smallest absolute Gasteiger partial charge is 0.0654 e. The molecule has 1 heteroatoms. The monoisotopic (exact) mass is 217 g/mol. The van der Waals surface area contributed by atoms with E-state index >= 15 is 0 Å². The van der Waals surface area contributed by atoms with Crippen molar-refractivity contribution < 1.29 is 0 Å². The highest BCUT2D eigenvalue weighted by Crippen LogP contribution is 2.10. The lowest BCUT2D eigenvalue weighted by molar-refractivity contribution is 0.563. The molecule has 0 radical (unpaired) electrons. The molecule has 0 nitrogen and oxygen atoms in total. The molecule has 0 aliphatic heterocycles. The van der Waals surface area contributed by atoms with Crippen molar-refractivity contribution in [1.82, 2.24) is 0 Å². The van der Waals surface area contributed by atoms with Gasteiger partial charge in [0.25, 0.3) is 0 Å². The Labute approximate surface area is 95.2 Å². The largest absolute Gasteiger partial charge is 0.105 e. The van der Waals surface area contributed by atoms with E-state index in [4.69, 9.17) is 0 Å². The summed E-state index contributed by atoms with van der Waals surface area (Å²) in [6, 6.07) is 0. The van der Waals surface area contributed by atoms with E-state index < -0.39 is 0 Å². The zero-order valence-corrected chi connectivity index (χ0v) is 11.1. The summed E-state index contributed by atoms with van der Waals surface area (Å²) >= 11 is 1.57. The van der Waals surface area contributed by atoms with Crippen molar-refractivity contribution in [2.45, 2.75) is 71.1 Å². The highest BCUT2D eigenvalue weighted by atomic mass is 32.2. The van der Waals surface area contributed by atoms with E-state index in [1.807, 2.05) is 0 Å². The summed E-state index contributed by atoms with van der Waals surface area (Å²) in [6.07, 6.45) is 16.8. The van der Waals surface area contributed by atoms with Crippen molar-refractivity contribution >= 4 is 11.8 Å². The Hall–Kier alpha value is 0.350. The summed E-state index contributed by atoms with van der Waals surface area (Å²) in [6.45, 7) is 2.28. The van der Waals surface area contributed by atoms with Gasteiger partial charge in [-0.15, -0.1) is 0 Å². The normalized spacial score (nSPS) is 10.7. The van der Waals surface area contributed by atoms with Crippen LogP contribution < -0.4 is 0 Å². The third kappa shape index (κ3) is 12.3. The van der Waals surface area contributed by atoms with Crippen molar-refractivity contribution in [3.05, 3.63) is 0 Å². The molecule has 0 N–H and O–H groups in total. The molecule has 0 aliphatic rings. The van der Waals surface area contributed by atoms with E-state index in [-0.39, 0.29) is 0 Å². The molecule has 86 valence electrons. The first-order valence-electron chi connectivity index (χ1n) is 6.47. The number of hydrogen-bond acceptors (Lipinski definition) is 0. The number of rotatable bonds is 11. The molecule has 14 heavy (non-hydrogen) atoms. The maximum Gasteiger partial charge on any atom is 0.105 e. The van der Waals surface area contributed by atoms with Gasteiger partial charge >= 0.3 is 0 Å². The van der Waals surface area contributed by atoms with Gasteiger partial charge in [-0.1, -0.05) is 58.3 Å². The number of hydrogen-bond donors (Lipinski definition) is 0. The SMILES string of the molecule is CCCCCCCCCCCC[SH+]C. The Morgan fingerprint density at radius 1 is 0.643 bits per heavy atom. The fourth-order valence-corrected chi connectivity index (χ4v) is 2.30. The zero-order chi connectivity index (χ0) is 10.5. The highest BCUT2D eigenvalue weighted by Gasteiger charge is 1.93. The summed E-state index contributed by atoms with van der Waals surface area (Å²) in [5.74, 6) is 1.41. The first-order chi connectivity index (χ1) is 6.91. The van der Waals surface area contributed by atoms with Crippen LogP contribution in [0.1, 0.15) is 71.1 Å². The molecule has 0 heterocycles. The standard InChI is InChI=1S/C13H28S/c1-3-4-5-6-7-8-9-10-11-12-13-14-2/h3-13H2,1-2H3/p+1. The van der Waals surface area contributed by atoms with Crippen LogP contribution in [-0.4, -0.2) is 12.0 Å². The lowest BCUT2D eigenvalue weighted by Crippen LogP contribution is -1.87. The van der Waals surface area contributed by atoms with Gasteiger partial charge in [0.2, 0.25) is 0 Å². The van der Waals surface area contributed by atoms with Gasteiger partial charge in [0.05, 0.1) is 6.26 Å². The fraction of sp³-hybridized carbons (Fsp3) is 1.00. The van der Waals surface area contributed by atoms with Crippen molar-refractivity contribution in [1.29, 1.82) is 0 Å². The predicted octanol–water partition coefficient (Wildman–Crippen LogP) is 4.35. The second-order valence-electron chi connectivity index (χ2n) is 4.22. The quantitative estimate of drug-likeness (QED) is 0.274. The van der Waals surface area contributed by atoms with E-state index in [9.17, 15) is 0 Å². The average molecular weight is 217 g/mol. The van der Waals surface area contributed by atoms with Crippen LogP contribution in [0.3, 0.4) is 0 Å². The number of thiol groups is 1. The summed E-state index contributed by atoms with van der Waals surface area (Å²) in [5, 5.41) is 0. The Kier molecular flexibility index (Phi) is 13.7. The van der Waals surface area contributed by atoms with Crippen LogP contribution in [0.4, 0.5) is 0 Å². The molecule has 0 fully saturated rings. The van der Waals surface area contributed by atoms with Crippen LogP contribution in [0.2, 0.25) is 0 Å². The Morgan fingerprint density at radius 2 is 1.07 bits per heavy atom. The van der Waals surface area contributed by atoms with Crippen LogP contribution in [-0.2, 0) is 11.8 Å². The van der Waals surface area contributed by atoms with Crippen molar-refractivity contribution in [3.8, 4) is 0 Å². The lowest BCUT2D eigenvalue weighted by atomic mass is 10.1. The van der Waals surface area contributed by atoms with Crippen LogP contribution >= 0.6 is 0 Å². The van der Waals surface area contributed by atoms with E-state index in [1.54, 1.807) is 11.8 Å². The predicted molar refractivity (Wildman–Crippen MR) is 71.4 cm³/mol. The molecule has 0 saturated heterocycles. The third-order valence-electron chi connectivity index (χ3n) is 2.74. The van der Waals surface area contributed by atoms with Crippen molar-refractivity contribution in [2.24, 2.45) is 0 Å². The lowest BCUT2D eigenvalue weighted by Gasteiger charge is -2.00. The third-order valence-corrected chi connectivity index (χ3v) is 3.50. The fourth-order valence-electron chi connectivity index (χ4n) is 1.76. The molecule has 0 bridgehead atoms. The van der Waals surface area contributed by atoms with E-state index in [2.05, 4.69) is 13.2 Å².